The molecule has 0 radical (unpaired) electrons. The van der Waals surface area contributed by atoms with Crippen molar-refractivity contribution in [3.63, 3.8) is 0 Å². The predicted molar refractivity (Wildman–Crippen MR) is 109 cm³/mol. The number of pyridine rings is 1. The normalized spacial score (nSPS) is 18.1. The van der Waals surface area contributed by atoms with Crippen LogP contribution in [0.4, 0.5) is 5.82 Å². The van der Waals surface area contributed by atoms with Crippen molar-refractivity contribution in [3.05, 3.63) is 51.5 Å². The van der Waals surface area contributed by atoms with Gasteiger partial charge in [0.05, 0.1) is 13.2 Å². The number of aryl methyl sites for hydroxylation is 3. The Morgan fingerprint density at radius 1 is 1.21 bits per heavy atom. The Bertz CT molecular complexity index is 942. The third-order valence-corrected chi connectivity index (χ3v) is 5.65. The molecular weight excluding hydrogens is 372 g/mol. The molecule has 0 bridgehead atoms. The first-order valence-corrected chi connectivity index (χ1v) is 10.4. The van der Waals surface area contributed by atoms with E-state index in [4.69, 9.17) is 4.74 Å². The number of rotatable bonds is 8. The Kier molecular flexibility index (Phi) is 5.47. The molecule has 146 valence electrons. The van der Waals surface area contributed by atoms with Crippen LogP contribution in [-0.4, -0.2) is 31.8 Å². The summed E-state index contributed by atoms with van der Waals surface area (Å²) in [6, 6.07) is 6.16. The lowest BCUT2D eigenvalue weighted by atomic mass is 10.1. The van der Waals surface area contributed by atoms with Gasteiger partial charge in [-0.05, 0) is 38.3 Å². The number of anilines is 1. The fourth-order valence-corrected chi connectivity index (χ4v) is 3.78. The second kappa shape index (κ2) is 8.18. The van der Waals surface area contributed by atoms with Gasteiger partial charge in [-0.15, -0.1) is 10.2 Å². The number of nitrogens with one attached hydrogen (secondary N) is 1. The third kappa shape index (κ3) is 4.62. The van der Waals surface area contributed by atoms with Gasteiger partial charge >= 0.3 is 0 Å². The lowest BCUT2D eigenvalue weighted by Crippen LogP contribution is -2.07. The molecule has 0 aliphatic heterocycles. The Balaban J connectivity index is 1.31. The van der Waals surface area contributed by atoms with Crippen molar-refractivity contribution in [2.75, 3.05) is 11.9 Å². The predicted octanol–water partition coefficient (Wildman–Crippen LogP) is 3.70. The van der Waals surface area contributed by atoms with Gasteiger partial charge in [0.2, 0.25) is 5.88 Å². The Hall–Kier alpha value is -2.61. The fraction of sp³-hybridized carbons (Fsp3) is 0.450. The van der Waals surface area contributed by atoms with Crippen LogP contribution in [0.1, 0.15) is 46.4 Å². The molecule has 28 heavy (non-hydrogen) atoms. The summed E-state index contributed by atoms with van der Waals surface area (Å²) in [7, 11) is 0. The van der Waals surface area contributed by atoms with Crippen LogP contribution in [0.15, 0.2) is 24.4 Å². The first-order chi connectivity index (χ1) is 13.6. The number of nitrogens with zero attached hydrogens (tertiary/aromatic N) is 5. The third-order valence-electron chi connectivity index (χ3n) is 4.81. The first kappa shape index (κ1) is 18.7. The zero-order valence-electron chi connectivity index (χ0n) is 16.3. The summed E-state index contributed by atoms with van der Waals surface area (Å²) >= 11 is 1.57. The maximum absolute atomic E-state index is 5.96. The second-order valence-corrected chi connectivity index (χ2v) is 8.33. The van der Waals surface area contributed by atoms with E-state index in [9.17, 15) is 0 Å². The largest absolute Gasteiger partial charge is 0.477 e. The molecule has 1 N–H and O–H groups in total. The van der Waals surface area contributed by atoms with Crippen LogP contribution in [0, 0.1) is 19.8 Å². The summed E-state index contributed by atoms with van der Waals surface area (Å²) in [5.41, 5.74) is 2.44. The van der Waals surface area contributed by atoms with Crippen molar-refractivity contribution in [2.24, 2.45) is 5.92 Å². The highest BCUT2D eigenvalue weighted by Crippen LogP contribution is 2.46. The van der Waals surface area contributed by atoms with E-state index in [1.807, 2.05) is 26.1 Å². The van der Waals surface area contributed by atoms with Crippen molar-refractivity contribution in [1.29, 1.82) is 0 Å². The summed E-state index contributed by atoms with van der Waals surface area (Å²) in [6.45, 7) is 7.19. The van der Waals surface area contributed by atoms with Gasteiger partial charge in [0, 0.05) is 29.8 Å². The Labute approximate surface area is 168 Å². The van der Waals surface area contributed by atoms with Crippen LogP contribution < -0.4 is 10.1 Å². The fourth-order valence-electron chi connectivity index (χ4n) is 3.13. The molecule has 2 atom stereocenters. The average molecular weight is 397 g/mol. The molecule has 3 aromatic heterocycles. The van der Waals surface area contributed by atoms with Gasteiger partial charge in [0.15, 0.2) is 0 Å². The number of hydrogen-bond donors (Lipinski definition) is 1. The van der Waals surface area contributed by atoms with E-state index in [1.165, 1.54) is 11.3 Å². The molecule has 1 aliphatic rings. The molecule has 8 heteroatoms. The lowest BCUT2D eigenvalue weighted by molar-refractivity contribution is 0.284. The maximum atomic E-state index is 5.96. The first-order valence-electron chi connectivity index (χ1n) is 9.57. The van der Waals surface area contributed by atoms with Crippen molar-refractivity contribution in [2.45, 2.75) is 46.1 Å². The average Bonchev–Trinajstić information content (AvgIpc) is 3.36. The maximum Gasteiger partial charge on any atom is 0.218 e. The van der Waals surface area contributed by atoms with E-state index in [0.29, 0.717) is 36.7 Å². The zero-order chi connectivity index (χ0) is 19.5. The van der Waals surface area contributed by atoms with Gasteiger partial charge in [-0.3, -0.25) is 4.98 Å². The summed E-state index contributed by atoms with van der Waals surface area (Å²) in [6.07, 6.45) is 4.12. The highest BCUT2D eigenvalue weighted by molar-refractivity contribution is 7.11. The van der Waals surface area contributed by atoms with Crippen LogP contribution in [0.3, 0.4) is 0 Å². The standard InChI is InChI=1S/C20H24N6OS/c1-4-14-5-6-17(21-9-14)16-7-15(16)11-27-19-8-18(23-12(2)24-19)22-10-20-26-25-13(3)28-20/h5-6,8-9,15-16H,4,7,10-11H2,1-3H3,(H,22,23,24). The van der Waals surface area contributed by atoms with Gasteiger partial charge in [-0.1, -0.05) is 24.3 Å². The van der Waals surface area contributed by atoms with Gasteiger partial charge in [0.1, 0.15) is 21.7 Å². The topological polar surface area (TPSA) is 85.7 Å². The van der Waals surface area contributed by atoms with E-state index < -0.39 is 0 Å². The molecule has 1 aliphatic carbocycles. The van der Waals surface area contributed by atoms with E-state index in [2.05, 4.69) is 49.5 Å². The van der Waals surface area contributed by atoms with Crippen molar-refractivity contribution in [3.8, 4) is 5.88 Å². The second-order valence-electron chi connectivity index (χ2n) is 7.07. The van der Waals surface area contributed by atoms with Crippen LogP contribution in [0.25, 0.3) is 0 Å². The SMILES string of the molecule is CCc1ccc(C2CC2COc2cc(NCc3nnc(C)s3)nc(C)n2)nc1. The lowest BCUT2D eigenvalue weighted by Gasteiger charge is -2.09. The smallest absolute Gasteiger partial charge is 0.218 e. The Morgan fingerprint density at radius 2 is 2.11 bits per heavy atom. The molecule has 0 spiro atoms. The highest BCUT2D eigenvalue weighted by atomic mass is 32.1. The van der Waals surface area contributed by atoms with Gasteiger partial charge in [0.25, 0.3) is 0 Å². The molecule has 1 fully saturated rings. The molecule has 3 heterocycles. The van der Waals surface area contributed by atoms with Crippen molar-refractivity contribution in [1.82, 2.24) is 25.1 Å². The Morgan fingerprint density at radius 3 is 2.82 bits per heavy atom. The van der Waals surface area contributed by atoms with E-state index in [1.54, 1.807) is 11.3 Å². The van der Waals surface area contributed by atoms with Gasteiger partial charge in [-0.2, -0.15) is 4.98 Å². The monoisotopic (exact) mass is 396 g/mol. The van der Waals surface area contributed by atoms with Crippen LogP contribution in [0.5, 0.6) is 5.88 Å². The van der Waals surface area contributed by atoms with Crippen LogP contribution in [-0.2, 0) is 13.0 Å². The van der Waals surface area contributed by atoms with Gasteiger partial charge in [-0.25, -0.2) is 4.98 Å². The van der Waals surface area contributed by atoms with Crippen LogP contribution >= 0.6 is 11.3 Å². The molecule has 1 saturated carbocycles. The van der Waals surface area contributed by atoms with Crippen molar-refractivity contribution < 1.29 is 4.74 Å². The molecular formula is C20H24N6OS. The molecule has 7 nitrogen and oxygen atoms in total. The van der Waals surface area contributed by atoms with Crippen LogP contribution in [0.2, 0.25) is 0 Å². The van der Waals surface area contributed by atoms with E-state index >= 15 is 0 Å². The molecule has 0 aromatic carbocycles. The van der Waals surface area contributed by atoms with E-state index in [0.717, 1.165) is 28.7 Å². The summed E-state index contributed by atoms with van der Waals surface area (Å²) in [5, 5.41) is 13.3. The van der Waals surface area contributed by atoms with Crippen molar-refractivity contribution >= 4 is 17.2 Å². The highest BCUT2D eigenvalue weighted by Gasteiger charge is 2.40. The minimum absolute atomic E-state index is 0.493. The summed E-state index contributed by atoms with van der Waals surface area (Å²) in [5.74, 6) is 3.00. The molecule has 2 unspecified atom stereocenters. The summed E-state index contributed by atoms with van der Waals surface area (Å²) < 4.78 is 5.96. The molecule has 3 aromatic rings. The minimum Gasteiger partial charge on any atom is -0.477 e. The summed E-state index contributed by atoms with van der Waals surface area (Å²) in [4.78, 5) is 13.4. The molecule has 0 saturated heterocycles. The number of ether oxygens (including phenoxy) is 1. The quantitative estimate of drug-likeness (QED) is 0.621. The number of hydrogen-bond acceptors (Lipinski definition) is 8. The van der Waals surface area contributed by atoms with E-state index in [-0.39, 0.29) is 0 Å². The molecule has 0 amide bonds. The minimum atomic E-state index is 0.493. The number of aromatic nitrogens is 5. The zero-order valence-corrected chi connectivity index (χ0v) is 17.2. The molecule has 4 rings (SSSR count). The van der Waals surface area contributed by atoms with Gasteiger partial charge < -0.3 is 10.1 Å².